The van der Waals surface area contributed by atoms with Crippen LogP contribution in [0.25, 0.3) is 0 Å². The van der Waals surface area contributed by atoms with Gasteiger partial charge in [0.25, 0.3) is 5.91 Å². The van der Waals surface area contributed by atoms with Gasteiger partial charge in [-0.25, -0.2) is 23.4 Å². The molecule has 1 aromatic heterocycles. The number of piperazine rings is 1. The van der Waals surface area contributed by atoms with E-state index in [2.05, 4.69) is 20.4 Å². The van der Waals surface area contributed by atoms with E-state index in [4.69, 9.17) is 16.3 Å². The molecule has 2 aliphatic rings. The van der Waals surface area contributed by atoms with E-state index < -0.39 is 41.9 Å². The lowest BCUT2D eigenvalue weighted by Crippen LogP contribution is -2.54. The molecule has 2 N–H and O–H groups in total. The highest BCUT2D eigenvalue weighted by Gasteiger charge is 2.35. The molecule has 0 aliphatic carbocycles. The van der Waals surface area contributed by atoms with Gasteiger partial charge in [0.05, 0.1) is 31.5 Å². The number of rotatable bonds is 7. The van der Waals surface area contributed by atoms with Crippen molar-refractivity contribution < 1.29 is 37.4 Å². The van der Waals surface area contributed by atoms with Gasteiger partial charge < -0.3 is 29.9 Å². The summed E-state index contributed by atoms with van der Waals surface area (Å²) in [5.74, 6) is -2.66. The van der Waals surface area contributed by atoms with Crippen LogP contribution in [0.15, 0.2) is 30.5 Å². The number of cyclic esters (lactones) is 1. The summed E-state index contributed by atoms with van der Waals surface area (Å²) in [6.07, 6.45) is -0.791. The second-order valence-corrected chi connectivity index (χ2v) is 9.45. The first-order valence-electron chi connectivity index (χ1n) is 12.3. The van der Waals surface area contributed by atoms with Gasteiger partial charge in [-0.1, -0.05) is 11.6 Å². The molecule has 12 nitrogen and oxygen atoms in total. The molecule has 3 heterocycles. The van der Waals surface area contributed by atoms with Crippen molar-refractivity contribution in [3.8, 4) is 0 Å². The van der Waals surface area contributed by atoms with E-state index >= 15 is 8.78 Å². The Morgan fingerprint density at radius 3 is 2.50 bits per heavy atom. The third-order valence-corrected chi connectivity index (χ3v) is 6.78. The van der Waals surface area contributed by atoms with Gasteiger partial charge in [-0.2, -0.15) is 0 Å². The molecule has 214 valence electrons. The summed E-state index contributed by atoms with van der Waals surface area (Å²) < 4.78 is 39.8. The molecule has 15 heteroatoms. The number of anilines is 2. The third kappa shape index (κ3) is 6.33. The van der Waals surface area contributed by atoms with Crippen LogP contribution >= 0.6 is 11.6 Å². The molecule has 4 rings (SSSR count). The fourth-order valence-corrected chi connectivity index (χ4v) is 4.64. The van der Waals surface area contributed by atoms with Crippen molar-refractivity contribution in [2.45, 2.75) is 19.1 Å². The second-order valence-electron chi connectivity index (χ2n) is 9.10. The minimum atomic E-state index is -0.882. The first-order chi connectivity index (χ1) is 19.1. The molecule has 4 amide bonds. The zero-order valence-electron chi connectivity index (χ0n) is 21.7. The number of benzene rings is 1. The van der Waals surface area contributed by atoms with Crippen LogP contribution in [0.1, 0.15) is 17.3 Å². The van der Waals surface area contributed by atoms with Gasteiger partial charge >= 0.3 is 12.2 Å². The number of alkyl carbamates (subject to hydrolysis) is 1. The molecule has 40 heavy (non-hydrogen) atoms. The van der Waals surface area contributed by atoms with Gasteiger partial charge in [0.1, 0.15) is 23.0 Å². The predicted molar refractivity (Wildman–Crippen MR) is 139 cm³/mol. The Balaban J connectivity index is 1.35. The molecular formula is C25H27ClF2N6O6. The Bertz CT molecular complexity index is 1290. The first-order valence-corrected chi connectivity index (χ1v) is 12.7. The average molecular weight is 581 g/mol. The second kappa shape index (κ2) is 12.3. The third-order valence-electron chi connectivity index (χ3n) is 6.48. The zero-order valence-corrected chi connectivity index (χ0v) is 22.4. The molecule has 0 spiro atoms. The Morgan fingerprint density at radius 1 is 1.20 bits per heavy atom. The summed E-state index contributed by atoms with van der Waals surface area (Å²) in [6, 6.07) is 4.25. The van der Waals surface area contributed by atoms with Crippen molar-refractivity contribution in [2.75, 3.05) is 56.2 Å². The van der Waals surface area contributed by atoms with E-state index in [9.17, 15) is 19.2 Å². The molecule has 2 aromatic rings. The van der Waals surface area contributed by atoms with Gasteiger partial charge in [0.15, 0.2) is 11.6 Å². The first kappa shape index (κ1) is 28.8. The minimum Gasteiger partial charge on any atom is -0.453 e. The molecule has 2 atom stereocenters. The summed E-state index contributed by atoms with van der Waals surface area (Å²) >= 11 is 5.94. The van der Waals surface area contributed by atoms with E-state index in [1.54, 1.807) is 6.07 Å². The van der Waals surface area contributed by atoms with Crippen molar-refractivity contribution in [1.82, 2.24) is 20.5 Å². The lowest BCUT2D eigenvalue weighted by Gasteiger charge is -2.37. The molecule has 2 saturated heterocycles. The number of methoxy groups -OCH3 is 1. The van der Waals surface area contributed by atoms with Crippen molar-refractivity contribution in [3.05, 3.63) is 52.8 Å². The number of ether oxygens (including phenoxy) is 2. The van der Waals surface area contributed by atoms with Crippen LogP contribution in [-0.2, 0) is 14.3 Å². The highest BCUT2D eigenvalue weighted by atomic mass is 35.5. The number of aromatic nitrogens is 1. The van der Waals surface area contributed by atoms with Gasteiger partial charge in [-0.05, 0) is 19.1 Å². The zero-order chi connectivity index (χ0) is 29.0. The van der Waals surface area contributed by atoms with Crippen LogP contribution in [0.2, 0.25) is 5.15 Å². The lowest BCUT2D eigenvalue weighted by molar-refractivity contribution is -0.133. The number of amides is 4. The van der Waals surface area contributed by atoms with Crippen molar-refractivity contribution >= 4 is 47.0 Å². The summed E-state index contributed by atoms with van der Waals surface area (Å²) in [4.78, 5) is 56.7. The monoisotopic (exact) mass is 580 g/mol. The number of hydrogen-bond acceptors (Lipinski definition) is 8. The van der Waals surface area contributed by atoms with E-state index in [0.717, 1.165) is 17.0 Å². The van der Waals surface area contributed by atoms with E-state index in [1.807, 2.05) is 0 Å². The maximum absolute atomic E-state index is 15.1. The Kier molecular flexibility index (Phi) is 8.87. The summed E-state index contributed by atoms with van der Waals surface area (Å²) in [7, 11) is 1.19. The summed E-state index contributed by atoms with van der Waals surface area (Å²) in [6.45, 7) is 2.10. The number of carbonyl (C=O) groups excluding carboxylic acids is 4. The Labute approximate surface area is 233 Å². The van der Waals surface area contributed by atoms with Gasteiger partial charge in [-0.15, -0.1) is 0 Å². The molecule has 1 aromatic carbocycles. The van der Waals surface area contributed by atoms with Crippen LogP contribution in [0.3, 0.4) is 0 Å². The largest absolute Gasteiger partial charge is 0.453 e. The predicted octanol–water partition coefficient (Wildman–Crippen LogP) is 2.16. The summed E-state index contributed by atoms with van der Waals surface area (Å²) in [5, 5.41) is 5.01. The standard InChI is InChI=1S/C25H27ClF2N6O6/c1-14(31-22(35)17-4-3-5-29-21(17)26)23(36)33-8-6-32(7-9-33)20-18(27)10-15(11-19(20)28)34-13-16(40-25(34)38)12-30-24(37)39-2/h3-5,10-11,14,16H,6-9,12-13H2,1-2H3,(H,30,37)(H,31,35)/t14-,16-/m0/s1. The normalized spacial score (nSPS) is 17.8. The fraction of sp³-hybridized carbons (Fsp3) is 0.400. The van der Waals surface area contributed by atoms with E-state index in [0.29, 0.717) is 0 Å². The molecular weight excluding hydrogens is 554 g/mol. The van der Waals surface area contributed by atoms with Crippen LogP contribution in [0.5, 0.6) is 0 Å². The number of pyridine rings is 1. The number of halogens is 3. The van der Waals surface area contributed by atoms with Crippen LogP contribution in [0.4, 0.5) is 29.7 Å². The van der Waals surface area contributed by atoms with Crippen LogP contribution in [-0.4, -0.2) is 92.4 Å². The van der Waals surface area contributed by atoms with Gasteiger partial charge in [-0.3, -0.25) is 14.5 Å². The summed E-state index contributed by atoms with van der Waals surface area (Å²) in [5.41, 5.74) is -0.171. The number of hydrogen-bond donors (Lipinski definition) is 2. The maximum Gasteiger partial charge on any atom is 0.414 e. The number of nitrogens with one attached hydrogen (secondary N) is 2. The van der Waals surface area contributed by atoms with Crippen LogP contribution in [0, 0.1) is 11.6 Å². The highest BCUT2D eigenvalue weighted by molar-refractivity contribution is 6.32. The molecule has 0 saturated carbocycles. The van der Waals surface area contributed by atoms with Gasteiger partial charge in [0, 0.05) is 44.5 Å². The SMILES string of the molecule is COC(=O)NC[C@H]1CN(c2cc(F)c(N3CCN(C(=O)[C@H](C)NC(=O)c4cccnc4Cl)CC3)c(F)c2)C(=O)O1. The van der Waals surface area contributed by atoms with Crippen molar-refractivity contribution in [2.24, 2.45) is 0 Å². The van der Waals surface area contributed by atoms with E-state index in [-0.39, 0.29) is 67.3 Å². The smallest absolute Gasteiger partial charge is 0.414 e. The lowest BCUT2D eigenvalue weighted by atomic mass is 10.1. The van der Waals surface area contributed by atoms with E-state index in [1.165, 1.54) is 36.1 Å². The molecule has 2 aliphatic heterocycles. The fourth-order valence-electron chi connectivity index (χ4n) is 4.43. The average Bonchev–Trinajstić information content (AvgIpc) is 3.31. The topological polar surface area (TPSA) is 133 Å². The van der Waals surface area contributed by atoms with Crippen LogP contribution < -0.4 is 20.4 Å². The number of carbonyl (C=O) groups is 4. The van der Waals surface area contributed by atoms with Crippen molar-refractivity contribution in [3.63, 3.8) is 0 Å². The number of nitrogens with zero attached hydrogens (tertiary/aromatic N) is 4. The van der Waals surface area contributed by atoms with Crippen molar-refractivity contribution in [1.29, 1.82) is 0 Å². The Morgan fingerprint density at radius 2 is 1.88 bits per heavy atom. The van der Waals surface area contributed by atoms with Gasteiger partial charge in [0.2, 0.25) is 5.91 Å². The maximum atomic E-state index is 15.1. The molecule has 2 fully saturated rings. The minimum absolute atomic E-state index is 0.0142. The molecule has 0 radical (unpaired) electrons. The molecule has 0 bridgehead atoms. The highest BCUT2D eigenvalue weighted by Crippen LogP contribution is 2.31. The quantitative estimate of drug-likeness (QED) is 0.476. The Hall–Kier alpha value is -4.20. The molecule has 0 unspecified atom stereocenters.